The van der Waals surface area contributed by atoms with E-state index in [4.69, 9.17) is 0 Å². The molecule has 2 rings (SSSR count). The molecule has 0 aliphatic rings. The lowest BCUT2D eigenvalue weighted by Gasteiger charge is -1.97. The molecule has 0 spiro atoms. The van der Waals surface area contributed by atoms with E-state index < -0.39 is 0 Å². The Morgan fingerprint density at radius 1 is 1.36 bits per heavy atom. The summed E-state index contributed by atoms with van der Waals surface area (Å²) in [5.41, 5.74) is 1.73. The third-order valence-electron chi connectivity index (χ3n) is 1.98. The Labute approximate surface area is 81.9 Å². The van der Waals surface area contributed by atoms with Crippen LogP contribution >= 0.6 is 0 Å². The number of hydrogen-bond donors (Lipinski definition) is 0. The van der Waals surface area contributed by atoms with Gasteiger partial charge in [-0.3, -0.25) is 4.98 Å². The Balaban J connectivity index is 2.57. The number of allylic oxidation sites excluding steroid dienone is 1. The second-order valence-electron chi connectivity index (χ2n) is 3.19. The van der Waals surface area contributed by atoms with Gasteiger partial charge in [0.1, 0.15) is 0 Å². The Morgan fingerprint density at radius 2 is 2.14 bits per heavy atom. The summed E-state index contributed by atoms with van der Waals surface area (Å²) in [4.78, 5) is 4.22. The number of rotatable bonds is 1. The van der Waals surface area contributed by atoms with Gasteiger partial charge < -0.3 is 0 Å². The van der Waals surface area contributed by atoms with Crippen molar-refractivity contribution in [2.45, 2.75) is 6.92 Å². The standard InChI is InChI=1S/C12H10FN/c1-9(13)6-10-7-11-4-2-3-5-12(11)14-8-10/h2-8H,1H3. The zero-order valence-electron chi connectivity index (χ0n) is 7.87. The highest BCUT2D eigenvalue weighted by Gasteiger charge is 1.95. The van der Waals surface area contributed by atoms with Crippen molar-refractivity contribution >= 4 is 17.0 Å². The number of hydrogen-bond acceptors (Lipinski definition) is 1. The largest absolute Gasteiger partial charge is 0.256 e. The number of para-hydroxylation sites is 1. The molecule has 0 saturated carbocycles. The summed E-state index contributed by atoms with van der Waals surface area (Å²) < 4.78 is 12.6. The van der Waals surface area contributed by atoms with Gasteiger partial charge in [-0.05, 0) is 30.7 Å². The number of pyridine rings is 1. The van der Waals surface area contributed by atoms with E-state index in [1.165, 1.54) is 13.0 Å². The smallest absolute Gasteiger partial charge is 0.0975 e. The van der Waals surface area contributed by atoms with Gasteiger partial charge in [0.25, 0.3) is 0 Å². The predicted molar refractivity (Wildman–Crippen MR) is 56.5 cm³/mol. The van der Waals surface area contributed by atoms with Crippen LogP contribution in [0, 0.1) is 0 Å². The Hall–Kier alpha value is -1.70. The molecule has 70 valence electrons. The Morgan fingerprint density at radius 3 is 2.93 bits per heavy atom. The van der Waals surface area contributed by atoms with E-state index in [1.54, 1.807) is 6.20 Å². The lowest BCUT2D eigenvalue weighted by atomic mass is 10.1. The van der Waals surface area contributed by atoms with Crippen molar-refractivity contribution in [2.75, 3.05) is 0 Å². The van der Waals surface area contributed by atoms with Crippen molar-refractivity contribution in [3.8, 4) is 0 Å². The van der Waals surface area contributed by atoms with Crippen molar-refractivity contribution in [1.82, 2.24) is 4.98 Å². The summed E-state index contributed by atoms with van der Waals surface area (Å²) >= 11 is 0. The molecule has 14 heavy (non-hydrogen) atoms. The molecule has 0 aliphatic carbocycles. The molecule has 0 atom stereocenters. The zero-order chi connectivity index (χ0) is 9.97. The fourth-order valence-electron chi connectivity index (χ4n) is 1.40. The minimum atomic E-state index is -0.206. The number of halogens is 1. The third-order valence-corrected chi connectivity index (χ3v) is 1.98. The molecule has 0 bridgehead atoms. The molecule has 1 nitrogen and oxygen atoms in total. The van der Waals surface area contributed by atoms with E-state index in [0.717, 1.165) is 16.5 Å². The van der Waals surface area contributed by atoms with Gasteiger partial charge in [-0.25, -0.2) is 4.39 Å². The van der Waals surface area contributed by atoms with Gasteiger partial charge in [-0.1, -0.05) is 18.2 Å². The predicted octanol–water partition coefficient (Wildman–Crippen LogP) is 3.57. The molecule has 0 N–H and O–H groups in total. The van der Waals surface area contributed by atoms with Gasteiger partial charge in [-0.15, -0.1) is 0 Å². The highest BCUT2D eigenvalue weighted by Crippen LogP contribution is 2.14. The molecule has 0 radical (unpaired) electrons. The topological polar surface area (TPSA) is 12.9 Å². The van der Waals surface area contributed by atoms with Gasteiger partial charge in [0.05, 0.1) is 11.3 Å². The summed E-state index contributed by atoms with van der Waals surface area (Å²) in [5.74, 6) is -0.206. The summed E-state index contributed by atoms with van der Waals surface area (Å²) in [5, 5.41) is 1.03. The second kappa shape index (κ2) is 3.58. The molecule has 0 saturated heterocycles. The fraction of sp³-hybridized carbons (Fsp3) is 0.0833. The summed E-state index contributed by atoms with van der Waals surface area (Å²) in [6.45, 7) is 1.43. The average molecular weight is 187 g/mol. The van der Waals surface area contributed by atoms with Gasteiger partial charge >= 0.3 is 0 Å². The molecule has 1 aromatic heterocycles. The number of benzene rings is 1. The molecular weight excluding hydrogens is 177 g/mol. The lowest BCUT2D eigenvalue weighted by molar-refractivity contribution is 0.648. The second-order valence-corrected chi connectivity index (χ2v) is 3.19. The first-order valence-corrected chi connectivity index (χ1v) is 4.44. The van der Waals surface area contributed by atoms with Gasteiger partial charge in [0, 0.05) is 11.6 Å². The highest BCUT2D eigenvalue weighted by atomic mass is 19.1. The van der Waals surface area contributed by atoms with Crippen molar-refractivity contribution in [3.63, 3.8) is 0 Å². The van der Waals surface area contributed by atoms with Crippen LogP contribution in [0.4, 0.5) is 4.39 Å². The van der Waals surface area contributed by atoms with Gasteiger partial charge in [0.2, 0.25) is 0 Å². The Kier molecular flexibility index (Phi) is 2.27. The van der Waals surface area contributed by atoms with Crippen LogP contribution in [0.3, 0.4) is 0 Å². The van der Waals surface area contributed by atoms with E-state index in [2.05, 4.69) is 4.98 Å². The first-order valence-electron chi connectivity index (χ1n) is 4.44. The molecule has 2 heteroatoms. The SMILES string of the molecule is CC(F)=Cc1cnc2ccccc2c1. The van der Waals surface area contributed by atoms with Crippen LogP contribution < -0.4 is 0 Å². The first kappa shape index (κ1) is 8.88. The van der Waals surface area contributed by atoms with E-state index >= 15 is 0 Å². The van der Waals surface area contributed by atoms with Crippen LogP contribution in [-0.2, 0) is 0 Å². The van der Waals surface area contributed by atoms with Crippen LogP contribution in [0.1, 0.15) is 12.5 Å². The van der Waals surface area contributed by atoms with Gasteiger partial charge in [0.15, 0.2) is 0 Å². The zero-order valence-corrected chi connectivity index (χ0v) is 7.87. The van der Waals surface area contributed by atoms with Crippen molar-refractivity contribution in [3.05, 3.63) is 47.9 Å². The molecule has 0 unspecified atom stereocenters. The van der Waals surface area contributed by atoms with Crippen molar-refractivity contribution in [2.24, 2.45) is 0 Å². The maximum Gasteiger partial charge on any atom is 0.0975 e. The highest BCUT2D eigenvalue weighted by molar-refractivity contribution is 5.80. The van der Waals surface area contributed by atoms with Crippen LogP contribution in [0.25, 0.3) is 17.0 Å². The normalized spacial score (nSPS) is 12.0. The maximum atomic E-state index is 12.6. The fourth-order valence-corrected chi connectivity index (χ4v) is 1.40. The van der Waals surface area contributed by atoms with E-state index in [-0.39, 0.29) is 5.83 Å². The first-order chi connectivity index (χ1) is 6.75. The van der Waals surface area contributed by atoms with Crippen molar-refractivity contribution in [1.29, 1.82) is 0 Å². The minimum Gasteiger partial charge on any atom is -0.256 e. The Bertz CT molecular complexity index is 484. The quantitative estimate of drug-likeness (QED) is 0.665. The molecule has 2 aromatic rings. The lowest BCUT2D eigenvalue weighted by Crippen LogP contribution is -1.80. The van der Waals surface area contributed by atoms with E-state index in [1.807, 2.05) is 30.3 Å². The summed E-state index contributed by atoms with van der Waals surface area (Å²) in [7, 11) is 0. The van der Waals surface area contributed by atoms with Crippen LogP contribution in [0.15, 0.2) is 42.4 Å². The molecule has 0 fully saturated rings. The summed E-state index contributed by atoms with van der Waals surface area (Å²) in [6, 6.07) is 9.70. The van der Waals surface area contributed by atoms with Crippen molar-refractivity contribution < 1.29 is 4.39 Å². The monoisotopic (exact) mass is 187 g/mol. The molecule has 1 aromatic carbocycles. The number of fused-ring (bicyclic) bond motifs is 1. The van der Waals surface area contributed by atoms with Crippen LogP contribution in [0.2, 0.25) is 0 Å². The minimum absolute atomic E-state index is 0.206. The maximum absolute atomic E-state index is 12.6. The average Bonchev–Trinajstić information content (AvgIpc) is 2.17. The van der Waals surface area contributed by atoms with Crippen LogP contribution in [-0.4, -0.2) is 4.98 Å². The van der Waals surface area contributed by atoms with E-state index in [0.29, 0.717) is 0 Å². The van der Waals surface area contributed by atoms with E-state index in [9.17, 15) is 4.39 Å². The van der Waals surface area contributed by atoms with Crippen LogP contribution in [0.5, 0.6) is 0 Å². The third kappa shape index (κ3) is 1.79. The molecular formula is C12H10FN. The molecule has 1 heterocycles. The number of nitrogens with zero attached hydrogens (tertiary/aromatic N) is 1. The summed E-state index contributed by atoms with van der Waals surface area (Å²) in [6.07, 6.45) is 3.14. The molecule has 0 amide bonds. The van der Waals surface area contributed by atoms with Gasteiger partial charge in [-0.2, -0.15) is 0 Å². The number of aromatic nitrogens is 1. The molecule has 0 aliphatic heterocycles.